The van der Waals surface area contributed by atoms with Crippen molar-refractivity contribution >= 4 is 21.8 Å². The number of nitrogens with one attached hydrogen (secondary N) is 3. The van der Waals surface area contributed by atoms with Crippen molar-refractivity contribution in [2.45, 2.75) is 57.4 Å². The molecule has 0 heterocycles. The lowest BCUT2D eigenvalue weighted by Gasteiger charge is -2.18. The summed E-state index contributed by atoms with van der Waals surface area (Å²) in [5.74, 6) is -0.625. The molecule has 0 fully saturated rings. The average Bonchev–Trinajstić information content (AvgIpc) is 2.61. The van der Waals surface area contributed by atoms with E-state index in [-0.39, 0.29) is 23.6 Å². The second-order valence-electron chi connectivity index (χ2n) is 6.17. The van der Waals surface area contributed by atoms with Crippen LogP contribution >= 0.6 is 0 Å². The van der Waals surface area contributed by atoms with Crippen LogP contribution in [0.15, 0.2) is 29.2 Å². The van der Waals surface area contributed by atoms with E-state index < -0.39 is 22.0 Å². The molecule has 0 aliphatic rings. The second-order valence-corrected chi connectivity index (χ2v) is 7.88. The molecule has 0 spiro atoms. The fourth-order valence-electron chi connectivity index (χ4n) is 2.22. The van der Waals surface area contributed by atoms with Gasteiger partial charge in [-0.15, -0.1) is 0 Å². The predicted octanol–water partition coefficient (Wildman–Crippen LogP) is 1.47. The van der Waals surface area contributed by atoms with Gasteiger partial charge in [0, 0.05) is 19.5 Å². The number of rotatable bonds is 11. The molecule has 0 aromatic heterocycles. The van der Waals surface area contributed by atoms with E-state index >= 15 is 0 Å². The SMILES string of the molecule is CCCNC(=O)CC[C@H](NS(=O)(=O)c1ccc(C)cc1)C(=O)NCCC. The summed E-state index contributed by atoms with van der Waals surface area (Å²) in [6.07, 6.45) is 1.71. The Bertz CT molecular complexity index is 687. The Kier molecular flexibility index (Phi) is 9.29. The van der Waals surface area contributed by atoms with Crippen LogP contribution in [0.25, 0.3) is 0 Å². The molecule has 0 aliphatic carbocycles. The zero-order chi connectivity index (χ0) is 19.6. The van der Waals surface area contributed by atoms with Crippen LogP contribution in [0.4, 0.5) is 0 Å². The molecule has 1 aromatic rings. The monoisotopic (exact) mass is 383 g/mol. The molecule has 0 bridgehead atoms. The molecular weight excluding hydrogens is 354 g/mol. The van der Waals surface area contributed by atoms with E-state index in [1.807, 2.05) is 20.8 Å². The first-order valence-electron chi connectivity index (χ1n) is 8.93. The summed E-state index contributed by atoms with van der Waals surface area (Å²) in [7, 11) is -3.85. The average molecular weight is 384 g/mol. The zero-order valence-corrected chi connectivity index (χ0v) is 16.5. The third-order valence-corrected chi connectivity index (χ3v) is 5.21. The van der Waals surface area contributed by atoms with Crippen molar-refractivity contribution in [3.8, 4) is 0 Å². The Morgan fingerprint density at radius 2 is 1.58 bits per heavy atom. The first-order valence-corrected chi connectivity index (χ1v) is 10.4. The lowest BCUT2D eigenvalue weighted by molar-refractivity contribution is -0.123. The zero-order valence-electron chi connectivity index (χ0n) is 15.7. The maximum Gasteiger partial charge on any atom is 0.241 e. The van der Waals surface area contributed by atoms with Crippen LogP contribution in [0, 0.1) is 6.92 Å². The molecular formula is C18H29N3O4S. The number of hydrogen-bond donors (Lipinski definition) is 3. The Morgan fingerprint density at radius 1 is 1.00 bits per heavy atom. The van der Waals surface area contributed by atoms with Crippen LogP contribution in [-0.2, 0) is 19.6 Å². The van der Waals surface area contributed by atoms with Gasteiger partial charge in [0.05, 0.1) is 4.90 Å². The van der Waals surface area contributed by atoms with Crippen molar-refractivity contribution in [3.63, 3.8) is 0 Å². The molecule has 0 unspecified atom stereocenters. The first kappa shape index (κ1) is 22.1. The third-order valence-electron chi connectivity index (χ3n) is 3.73. The highest BCUT2D eigenvalue weighted by Crippen LogP contribution is 2.12. The maximum absolute atomic E-state index is 12.6. The number of sulfonamides is 1. The standard InChI is InChI=1S/C18H29N3O4S/c1-4-12-19-17(22)11-10-16(18(23)20-13-5-2)21-26(24,25)15-8-6-14(3)7-9-15/h6-9,16,21H,4-5,10-13H2,1-3H3,(H,19,22)(H,20,23)/t16-/m0/s1. The highest BCUT2D eigenvalue weighted by atomic mass is 32.2. The lowest BCUT2D eigenvalue weighted by atomic mass is 10.1. The van der Waals surface area contributed by atoms with Crippen molar-refractivity contribution in [2.75, 3.05) is 13.1 Å². The Balaban J connectivity index is 2.84. The highest BCUT2D eigenvalue weighted by Gasteiger charge is 2.26. The molecule has 2 amide bonds. The van der Waals surface area contributed by atoms with Crippen LogP contribution in [0.2, 0.25) is 0 Å². The van der Waals surface area contributed by atoms with Gasteiger partial charge in [0.1, 0.15) is 6.04 Å². The molecule has 3 N–H and O–H groups in total. The number of aryl methyl sites for hydroxylation is 1. The van der Waals surface area contributed by atoms with Crippen molar-refractivity contribution in [1.29, 1.82) is 0 Å². The molecule has 1 aromatic carbocycles. The van der Waals surface area contributed by atoms with Gasteiger partial charge < -0.3 is 10.6 Å². The normalized spacial score (nSPS) is 12.4. The number of benzene rings is 1. The molecule has 0 saturated carbocycles. The molecule has 1 rings (SSSR count). The lowest BCUT2D eigenvalue weighted by Crippen LogP contribution is -2.47. The van der Waals surface area contributed by atoms with Crippen molar-refractivity contribution in [2.24, 2.45) is 0 Å². The molecule has 0 saturated heterocycles. The summed E-state index contributed by atoms with van der Waals surface area (Å²) in [6.45, 7) is 6.71. The number of carbonyl (C=O) groups is 2. The number of carbonyl (C=O) groups excluding carboxylic acids is 2. The molecule has 1 atom stereocenters. The van der Waals surface area contributed by atoms with Crippen LogP contribution in [0.1, 0.15) is 45.1 Å². The van der Waals surface area contributed by atoms with Gasteiger partial charge in [0.25, 0.3) is 0 Å². The molecule has 0 aliphatic heterocycles. The van der Waals surface area contributed by atoms with Gasteiger partial charge >= 0.3 is 0 Å². The summed E-state index contributed by atoms with van der Waals surface area (Å²) in [5, 5.41) is 5.41. The Labute approximate surface area is 156 Å². The largest absolute Gasteiger partial charge is 0.356 e. The van der Waals surface area contributed by atoms with Gasteiger partial charge in [0.15, 0.2) is 0 Å². The summed E-state index contributed by atoms with van der Waals surface area (Å²) >= 11 is 0. The molecule has 0 radical (unpaired) electrons. The molecule has 26 heavy (non-hydrogen) atoms. The first-order chi connectivity index (χ1) is 12.3. The van der Waals surface area contributed by atoms with Gasteiger partial charge in [0.2, 0.25) is 21.8 Å². The number of amides is 2. The van der Waals surface area contributed by atoms with Crippen LogP contribution in [-0.4, -0.2) is 39.4 Å². The summed E-state index contributed by atoms with van der Waals surface area (Å²) in [5.41, 5.74) is 0.939. The Morgan fingerprint density at radius 3 is 2.15 bits per heavy atom. The van der Waals surface area contributed by atoms with E-state index in [1.54, 1.807) is 12.1 Å². The fourth-order valence-corrected chi connectivity index (χ4v) is 3.45. The maximum atomic E-state index is 12.6. The van der Waals surface area contributed by atoms with E-state index in [9.17, 15) is 18.0 Å². The minimum Gasteiger partial charge on any atom is -0.356 e. The summed E-state index contributed by atoms with van der Waals surface area (Å²) < 4.78 is 27.5. The quantitative estimate of drug-likeness (QED) is 0.538. The Hall–Kier alpha value is -1.93. The molecule has 8 heteroatoms. The number of hydrogen-bond acceptors (Lipinski definition) is 4. The summed E-state index contributed by atoms with van der Waals surface area (Å²) in [4.78, 5) is 24.2. The van der Waals surface area contributed by atoms with E-state index in [2.05, 4.69) is 15.4 Å². The minimum atomic E-state index is -3.85. The highest BCUT2D eigenvalue weighted by molar-refractivity contribution is 7.89. The van der Waals surface area contributed by atoms with Crippen molar-refractivity contribution in [3.05, 3.63) is 29.8 Å². The second kappa shape index (κ2) is 10.9. The van der Waals surface area contributed by atoms with Crippen LogP contribution in [0.3, 0.4) is 0 Å². The van der Waals surface area contributed by atoms with Crippen LogP contribution in [0.5, 0.6) is 0 Å². The predicted molar refractivity (Wildman–Crippen MR) is 101 cm³/mol. The van der Waals surface area contributed by atoms with Gasteiger partial charge in [-0.3, -0.25) is 9.59 Å². The van der Waals surface area contributed by atoms with Crippen molar-refractivity contribution in [1.82, 2.24) is 15.4 Å². The van der Waals surface area contributed by atoms with E-state index in [1.165, 1.54) is 12.1 Å². The van der Waals surface area contributed by atoms with Gasteiger partial charge in [-0.2, -0.15) is 4.72 Å². The topological polar surface area (TPSA) is 104 Å². The smallest absolute Gasteiger partial charge is 0.241 e. The van der Waals surface area contributed by atoms with Gasteiger partial charge in [-0.05, 0) is 38.3 Å². The van der Waals surface area contributed by atoms with E-state index in [0.29, 0.717) is 13.1 Å². The molecule has 7 nitrogen and oxygen atoms in total. The summed E-state index contributed by atoms with van der Waals surface area (Å²) in [6, 6.07) is 5.37. The van der Waals surface area contributed by atoms with E-state index in [4.69, 9.17) is 0 Å². The van der Waals surface area contributed by atoms with Crippen molar-refractivity contribution < 1.29 is 18.0 Å². The third kappa shape index (κ3) is 7.53. The van der Waals surface area contributed by atoms with Crippen LogP contribution < -0.4 is 15.4 Å². The fraction of sp³-hybridized carbons (Fsp3) is 0.556. The van der Waals surface area contributed by atoms with Gasteiger partial charge in [-0.1, -0.05) is 31.5 Å². The minimum absolute atomic E-state index is 0.0701. The molecule has 146 valence electrons. The van der Waals surface area contributed by atoms with E-state index in [0.717, 1.165) is 18.4 Å². The van der Waals surface area contributed by atoms with Gasteiger partial charge in [-0.25, -0.2) is 8.42 Å².